The van der Waals surface area contributed by atoms with Crippen molar-refractivity contribution in [2.45, 2.75) is 66.0 Å². The van der Waals surface area contributed by atoms with Crippen LogP contribution in [0.4, 0.5) is 0 Å². The van der Waals surface area contributed by atoms with E-state index in [4.69, 9.17) is 14.0 Å². The first-order chi connectivity index (χ1) is 12.2. The van der Waals surface area contributed by atoms with Gasteiger partial charge < -0.3 is 14.0 Å². The topological polar surface area (TPSA) is 53.5 Å². The van der Waals surface area contributed by atoms with Crippen LogP contribution < -0.4 is 5.46 Å². The van der Waals surface area contributed by atoms with Crippen LogP contribution in [-0.4, -0.2) is 28.3 Å². The van der Waals surface area contributed by atoms with Crippen molar-refractivity contribution in [2.75, 3.05) is 0 Å². The minimum Gasteiger partial charge on any atom is -0.399 e. The number of ether oxygens (including phenoxy) is 1. The third kappa shape index (κ3) is 3.82. The summed E-state index contributed by atoms with van der Waals surface area (Å²) < 4.78 is 18.1. The number of nitrogens with zero attached hydrogens (tertiary/aromatic N) is 2. The molecule has 26 heavy (non-hydrogen) atoms. The summed E-state index contributed by atoms with van der Waals surface area (Å²) in [6.45, 7) is 13.0. The van der Waals surface area contributed by atoms with Crippen LogP contribution in [0.5, 0.6) is 0 Å². The van der Waals surface area contributed by atoms with Gasteiger partial charge in [-0.3, -0.25) is 0 Å². The van der Waals surface area contributed by atoms with Crippen molar-refractivity contribution in [1.29, 1.82) is 0 Å². The number of aromatic nitrogens is 2. The molecule has 1 aliphatic rings. The van der Waals surface area contributed by atoms with Gasteiger partial charge in [-0.2, -0.15) is 0 Å². The summed E-state index contributed by atoms with van der Waals surface area (Å²) in [5.41, 5.74) is 3.02. The van der Waals surface area contributed by atoms with Gasteiger partial charge in [0, 0.05) is 16.9 Å². The number of hydrogen-bond donors (Lipinski definition) is 0. The van der Waals surface area contributed by atoms with Gasteiger partial charge in [0.05, 0.1) is 17.8 Å². The molecule has 0 atom stereocenters. The quantitative estimate of drug-likeness (QED) is 0.773. The fourth-order valence-electron chi connectivity index (χ4n) is 3.00. The predicted octanol–water partition coefficient (Wildman–Crippen LogP) is 3.11. The lowest BCUT2D eigenvalue weighted by Gasteiger charge is -2.32. The van der Waals surface area contributed by atoms with Crippen LogP contribution >= 0.6 is 0 Å². The highest BCUT2D eigenvalue weighted by molar-refractivity contribution is 6.63. The van der Waals surface area contributed by atoms with Gasteiger partial charge in [0.15, 0.2) is 5.82 Å². The lowest BCUT2D eigenvalue weighted by molar-refractivity contribution is 0.00578. The van der Waals surface area contributed by atoms with Crippen LogP contribution in [0, 0.1) is 13.8 Å². The van der Waals surface area contributed by atoms with E-state index in [9.17, 15) is 0 Å². The second-order valence-electron chi connectivity index (χ2n) is 7.79. The molecular weight excluding hydrogens is 327 g/mol. The van der Waals surface area contributed by atoms with Gasteiger partial charge in [-0.05, 0) is 47.1 Å². The Morgan fingerprint density at radius 2 is 1.42 bits per heavy atom. The van der Waals surface area contributed by atoms with Crippen molar-refractivity contribution in [3.8, 4) is 0 Å². The molecule has 3 rings (SSSR count). The molecule has 1 saturated heterocycles. The van der Waals surface area contributed by atoms with Crippen molar-refractivity contribution >= 4 is 12.6 Å². The van der Waals surface area contributed by atoms with E-state index in [0.717, 1.165) is 22.4 Å². The zero-order valence-electron chi connectivity index (χ0n) is 16.5. The highest BCUT2D eigenvalue weighted by Crippen LogP contribution is 2.36. The van der Waals surface area contributed by atoms with Gasteiger partial charge in [-0.15, -0.1) is 0 Å². The molecule has 0 bridgehead atoms. The van der Waals surface area contributed by atoms with Crippen LogP contribution in [-0.2, 0) is 27.3 Å². The summed E-state index contributed by atoms with van der Waals surface area (Å²) >= 11 is 0. The molecule has 1 aromatic heterocycles. The molecule has 0 amide bonds. The number of rotatable bonds is 5. The van der Waals surface area contributed by atoms with Gasteiger partial charge in [0.1, 0.15) is 6.61 Å². The molecule has 6 heteroatoms. The molecule has 0 aliphatic carbocycles. The smallest absolute Gasteiger partial charge is 0.399 e. The lowest BCUT2D eigenvalue weighted by Crippen LogP contribution is -2.41. The summed E-state index contributed by atoms with van der Waals surface area (Å²) in [4.78, 5) is 9.22. The van der Waals surface area contributed by atoms with Crippen molar-refractivity contribution in [3.05, 3.63) is 53.1 Å². The van der Waals surface area contributed by atoms with E-state index in [-0.39, 0.29) is 11.2 Å². The Morgan fingerprint density at radius 1 is 0.885 bits per heavy atom. The Kier molecular flexibility index (Phi) is 5.19. The molecule has 138 valence electrons. The Hall–Kier alpha value is -1.76. The molecule has 0 spiro atoms. The second kappa shape index (κ2) is 7.10. The Balaban J connectivity index is 1.71. The minimum atomic E-state index is -0.445. The van der Waals surface area contributed by atoms with E-state index >= 15 is 0 Å². The van der Waals surface area contributed by atoms with E-state index in [1.54, 1.807) is 0 Å². The third-order valence-corrected chi connectivity index (χ3v) is 5.20. The SMILES string of the molecule is Cc1nc(COCc2ccccc2)nc(C)c1B1OC(C)(C)C(C)(C)O1. The molecular formula is C20H27BN2O3. The third-order valence-electron chi connectivity index (χ3n) is 5.20. The Labute approximate surface area is 156 Å². The number of benzene rings is 1. The van der Waals surface area contributed by atoms with Crippen molar-refractivity contribution in [1.82, 2.24) is 9.97 Å². The molecule has 5 nitrogen and oxygen atoms in total. The lowest BCUT2D eigenvalue weighted by atomic mass is 9.76. The standard InChI is InChI=1S/C20H27BN2O3/c1-14-18(21-25-19(3,4)20(5,6)26-21)15(2)23-17(22-14)13-24-12-16-10-8-7-9-11-16/h7-11H,12-13H2,1-6H3. The Morgan fingerprint density at radius 3 is 1.96 bits per heavy atom. The molecule has 1 aliphatic heterocycles. The zero-order chi connectivity index (χ0) is 18.9. The van der Waals surface area contributed by atoms with E-state index in [1.807, 2.05) is 71.9 Å². The van der Waals surface area contributed by atoms with Crippen LogP contribution in [0.1, 0.15) is 50.5 Å². The summed E-state index contributed by atoms with van der Waals surface area (Å²) in [6, 6.07) is 10.1. The first kappa shape index (κ1) is 19.0. The van der Waals surface area contributed by atoms with E-state index < -0.39 is 7.12 Å². The predicted molar refractivity (Wildman–Crippen MR) is 102 cm³/mol. The molecule has 1 aromatic carbocycles. The molecule has 0 N–H and O–H groups in total. The largest absolute Gasteiger partial charge is 0.498 e. The minimum absolute atomic E-state index is 0.375. The average Bonchev–Trinajstić information content (AvgIpc) is 2.75. The fraction of sp³-hybridized carbons (Fsp3) is 0.500. The van der Waals surface area contributed by atoms with Gasteiger partial charge in [0.25, 0.3) is 0 Å². The highest BCUT2D eigenvalue weighted by Gasteiger charge is 2.52. The number of hydrogen-bond acceptors (Lipinski definition) is 5. The summed E-state index contributed by atoms with van der Waals surface area (Å²) in [5.74, 6) is 0.677. The maximum absolute atomic E-state index is 6.16. The van der Waals surface area contributed by atoms with E-state index in [1.165, 1.54) is 0 Å². The molecule has 0 radical (unpaired) electrons. The molecule has 0 unspecified atom stereocenters. The van der Waals surface area contributed by atoms with Crippen LogP contribution in [0.15, 0.2) is 30.3 Å². The van der Waals surface area contributed by atoms with Crippen LogP contribution in [0.25, 0.3) is 0 Å². The average molecular weight is 354 g/mol. The zero-order valence-corrected chi connectivity index (χ0v) is 16.5. The fourth-order valence-corrected chi connectivity index (χ4v) is 3.00. The van der Waals surface area contributed by atoms with Crippen LogP contribution in [0.2, 0.25) is 0 Å². The summed E-state index contributed by atoms with van der Waals surface area (Å²) in [6.07, 6.45) is 0. The Bertz CT molecular complexity index is 739. The summed E-state index contributed by atoms with van der Waals surface area (Å²) in [5, 5.41) is 0. The monoisotopic (exact) mass is 354 g/mol. The molecule has 1 fully saturated rings. The van der Waals surface area contributed by atoms with Crippen molar-refractivity contribution in [2.24, 2.45) is 0 Å². The van der Waals surface area contributed by atoms with Crippen molar-refractivity contribution < 1.29 is 14.0 Å². The first-order valence-corrected chi connectivity index (χ1v) is 9.01. The second-order valence-corrected chi connectivity index (χ2v) is 7.79. The molecule has 0 saturated carbocycles. The van der Waals surface area contributed by atoms with Crippen molar-refractivity contribution in [3.63, 3.8) is 0 Å². The first-order valence-electron chi connectivity index (χ1n) is 9.01. The van der Waals surface area contributed by atoms with Gasteiger partial charge in [-0.25, -0.2) is 9.97 Å². The summed E-state index contributed by atoms with van der Waals surface area (Å²) in [7, 11) is -0.445. The normalized spacial score (nSPS) is 18.3. The van der Waals surface area contributed by atoms with Gasteiger partial charge in [-0.1, -0.05) is 30.3 Å². The molecule has 2 aromatic rings. The maximum Gasteiger partial charge on any atom is 0.498 e. The molecule has 2 heterocycles. The van der Waals surface area contributed by atoms with E-state index in [2.05, 4.69) is 9.97 Å². The highest BCUT2D eigenvalue weighted by atomic mass is 16.7. The number of aryl methyl sites for hydroxylation is 2. The maximum atomic E-state index is 6.16. The van der Waals surface area contributed by atoms with Crippen LogP contribution in [0.3, 0.4) is 0 Å². The van der Waals surface area contributed by atoms with Gasteiger partial charge in [0.2, 0.25) is 0 Å². The van der Waals surface area contributed by atoms with E-state index in [0.29, 0.717) is 19.0 Å². The van der Waals surface area contributed by atoms with Gasteiger partial charge >= 0.3 is 7.12 Å².